The Kier molecular flexibility index (Phi) is 6.34. The van der Waals surface area contributed by atoms with E-state index in [-0.39, 0.29) is 0 Å². The Morgan fingerprint density at radius 1 is 1.08 bits per heavy atom. The van der Waals surface area contributed by atoms with E-state index in [1.165, 1.54) is 25.7 Å². The zero-order chi connectivity index (χ0) is 9.61. The second kappa shape index (κ2) is 6.06. The van der Waals surface area contributed by atoms with Crippen LogP contribution in [-0.4, -0.2) is 18.4 Å². The molecule has 0 rings (SSSR count). The first-order valence-corrected chi connectivity index (χ1v) is 15.2. The van der Waals surface area contributed by atoms with Crippen LogP contribution in [-0.2, 0) is 0 Å². The van der Waals surface area contributed by atoms with E-state index in [2.05, 4.69) is 34.7 Å². The van der Waals surface area contributed by atoms with Crippen molar-refractivity contribution >= 4 is 18.4 Å². The van der Waals surface area contributed by atoms with Gasteiger partial charge in [0.15, 0.2) is 0 Å². The third-order valence-corrected chi connectivity index (χ3v) is 8.96. The van der Waals surface area contributed by atoms with Gasteiger partial charge in [-0.15, -0.1) is 0 Å². The Morgan fingerprint density at radius 3 is 2.00 bits per heavy atom. The second-order valence-corrected chi connectivity index (χ2v) is 19.2. The van der Waals surface area contributed by atoms with Crippen LogP contribution >= 0.6 is 0 Å². The molecule has 0 nitrogen and oxygen atoms in total. The molecule has 0 heterocycles. The molecule has 0 saturated carbocycles. The summed E-state index contributed by atoms with van der Waals surface area (Å²) in [6.45, 7) is 4.55. The Balaban J connectivity index is 4.22. The van der Waals surface area contributed by atoms with Crippen LogP contribution in [0.4, 0.5) is 0 Å². The van der Waals surface area contributed by atoms with E-state index in [4.69, 9.17) is 0 Å². The first-order chi connectivity index (χ1) is 5.52. The molecular weight excluding hydrogens is 251 g/mol. The number of unbranched alkanes of at least 4 members (excludes halogenated alkanes) is 1. The Morgan fingerprint density at radius 2 is 1.67 bits per heavy atom. The summed E-state index contributed by atoms with van der Waals surface area (Å²) in [4.78, 5) is 7.56. The molecule has 0 aromatic heterocycles. The van der Waals surface area contributed by atoms with E-state index in [9.17, 15) is 0 Å². The van der Waals surface area contributed by atoms with E-state index < -0.39 is 18.4 Å². The van der Waals surface area contributed by atoms with Gasteiger partial charge in [-0.3, -0.25) is 0 Å². The molecule has 0 aromatic rings. The minimum atomic E-state index is -1.68. The fourth-order valence-electron chi connectivity index (χ4n) is 1.37. The summed E-state index contributed by atoms with van der Waals surface area (Å²) in [6, 6.07) is 0. The van der Waals surface area contributed by atoms with E-state index >= 15 is 0 Å². The van der Waals surface area contributed by atoms with Gasteiger partial charge in [-0.1, -0.05) is 0 Å². The Bertz CT molecular complexity index is 140. The summed E-state index contributed by atoms with van der Waals surface area (Å²) in [5.41, 5.74) is 0. The molecule has 0 unspecified atom stereocenters. The van der Waals surface area contributed by atoms with Gasteiger partial charge in [-0.25, -0.2) is 0 Å². The Hall–Kier alpha value is 0.539. The van der Waals surface area contributed by atoms with E-state index in [0.717, 1.165) is 0 Å². The van der Waals surface area contributed by atoms with Crippen LogP contribution in [0.25, 0.3) is 0 Å². The van der Waals surface area contributed by atoms with Gasteiger partial charge in [0.05, 0.1) is 0 Å². The number of allylic oxidation sites excluding steroid dienone is 2. The summed E-state index contributed by atoms with van der Waals surface area (Å²) in [7, 11) is 0. The van der Waals surface area contributed by atoms with Crippen molar-refractivity contribution < 1.29 is 0 Å². The number of hydrogen-bond acceptors (Lipinski definition) is 0. The van der Waals surface area contributed by atoms with Gasteiger partial charge in [0.25, 0.3) is 0 Å². The molecule has 0 radical (unpaired) electrons. The molecule has 0 aliphatic rings. The fourth-order valence-corrected chi connectivity index (χ4v) is 6.38. The normalized spacial score (nSPS) is 13.6. The molecule has 12 heavy (non-hydrogen) atoms. The van der Waals surface area contributed by atoms with Gasteiger partial charge in [-0.2, -0.15) is 0 Å². The molecule has 0 aliphatic carbocycles. The molecule has 0 N–H and O–H groups in total. The first kappa shape index (κ1) is 12.5. The summed E-state index contributed by atoms with van der Waals surface area (Å²) < 4.78 is 1.84. The van der Waals surface area contributed by atoms with Gasteiger partial charge in [-0.05, 0) is 0 Å². The van der Waals surface area contributed by atoms with Crippen molar-refractivity contribution in [2.75, 3.05) is 0 Å². The predicted octanol–water partition coefficient (Wildman–Crippen LogP) is 4.39. The average molecular weight is 275 g/mol. The molecule has 0 amide bonds. The monoisotopic (exact) mass is 276 g/mol. The van der Waals surface area contributed by atoms with Crippen molar-refractivity contribution in [2.45, 2.75) is 54.3 Å². The van der Waals surface area contributed by atoms with E-state index in [0.29, 0.717) is 0 Å². The van der Waals surface area contributed by atoms with Gasteiger partial charge in [0.2, 0.25) is 0 Å². The zero-order valence-electron chi connectivity index (χ0n) is 9.41. The maximum atomic E-state index is 2.53. The molecule has 0 fully saturated rings. The van der Waals surface area contributed by atoms with Crippen molar-refractivity contribution in [3.63, 3.8) is 0 Å². The minimum absolute atomic E-state index is 1.30. The standard InChI is InChI=1S/C8H15.3CH3.Sn/c1-3-5-7-8-6-4-2;;;;/h7H,3-6H2,1-2H3;3*1H3;. The van der Waals surface area contributed by atoms with Crippen LogP contribution < -0.4 is 0 Å². The maximum absolute atomic E-state index is 2.53. The van der Waals surface area contributed by atoms with Crippen LogP contribution in [0.15, 0.2) is 9.67 Å². The van der Waals surface area contributed by atoms with Crippen LogP contribution in [0, 0.1) is 0 Å². The topological polar surface area (TPSA) is 0 Å². The van der Waals surface area contributed by atoms with Gasteiger partial charge >= 0.3 is 82.4 Å². The van der Waals surface area contributed by atoms with Crippen molar-refractivity contribution in [3.8, 4) is 0 Å². The number of rotatable bonds is 5. The summed E-state index contributed by atoms with van der Waals surface area (Å²) >= 11 is -1.68. The molecule has 0 aromatic carbocycles. The van der Waals surface area contributed by atoms with Crippen LogP contribution in [0.1, 0.15) is 39.5 Å². The zero-order valence-corrected chi connectivity index (χ0v) is 12.3. The van der Waals surface area contributed by atoms with E-state index in [1.54, 1.807) is 0 Å². The molecule has 0 bridgehead atoms. The summed E-state index contributed by atoms with van der Waals surface area (Å²) in [5, 5.41) is 0. The van der Waals surface area contributed by atoms with Crippen LogP contribution in [0.5, 0.6) is 0 Å². The quantitative estimate of drug-likeness (QED) is 0.653. The van der Waals surface area contributed by atoms with Crippen molar-refractivity contribution in [1.29, 1.82) is 0 Å². The second-order valence-electron chi connectivity index (χ2n) is 4.52. The van der Waals surface area contributed by atoms with Crippen molar-refractivity contribution in [1.82, 2.24) is 0 Å². The molecule has 72 valence electrons. The molecule has 0 spiro atoms. The molecule has 0 saturated heterocycles. The molecule has 0 atom stereocenters. The van der Waals surface area contributed by atoms with E-state index in [1.807, 2.05) is 3.59 Å². The van der Waals surface area contributed by atoms with Gasteiger partial charge < -0.3 is 0 Å². The molecule has 1 heteroatoms. The third-order valence-electron chi connectivity index (χ3n) is 2.16. The Labute approximate surface area is 82.3 Å². The molecule has 0 aliphatic heterocycles. The van der Waals surface area contributed by atoms with Crippen LogP contribution in [0.3, 0.4) is 0 Å². The van der Waals surface area contributed by atoms with Crippen LogP contribution in [0.2, 0.25) is 14.8 Å². The summed E-state index contributed by atoms with van der Waals surface area (Å²) in [5.74, 6) is 0. The SMILES string of the molecule is CCC/C=[C](\CCC)[Sn]([CH3])([CH3])[CH3]. The average Bonchev–Trinajstić information content (AvgIpc) is 1.95. The van der Waals surface area contributed by atoms with Gasteiger partial charge in [0, 0.05) is 0 Å². The van der Waals surface area contributed by atoms with Crippen molar-refractivity contribution in [3.05, 3.63) is 9.67 Å². The molecular formula is C11H24Sn. The fraction of sp³-hybridized carbons (Fsp3) is 0.818. The first-order valence-electron chi connectivity index (χ1n) is 5.21. The predicted molar refractivity (Wildman–Crippen MR) is 61.2 cm³/mol. The van der Waals surface area contributed by atoms with Gasteiger partial charge in [0.1, 0.15) is 0 Å². The number of hydrogen-bond donors (Lipinski definition) is 0. The van der Waals surface area contributed by atoms with Crippen molar-refractivity contribution in [2.24, 2.45) is 0 Å². The summed E-state index contributed by atoms with van der Waals surface area (Å²) in [6.07, 6.45) is 7.81. The third kappa shape index (κ3) is 5.23.